The van der Waals surface area contributed by atoms with E-state index in [2.05, 4.69) is 35.4 Å². The van der Waals surface area contributed by atoms with Crippen LogP contribution in [0.3, 0.4) is 0 Å². The number of thioether (sulfide) groups is 1. The second-order valence-electron chi connectivity index (χ2n) is 7.37. The standard InChI is InChI=1S/C23H25N3O2S/c1-17-14-23(25-21-5-3-2-4-20(17)21)29-16-22(27)24-19-8-6-18(7-9-19)15-26-10-12-28-13-11-26/h2-9,14H,10-13,15-16H2,1H3,(H,24,27)/p+1. The van der Waals surface area contributed by atoms with Crippen molar-refractivity contribution in [2.75, 3.05) is 37.4 Å². The number of anilines is 1. The third kappa shape index (κ3) is 5.35. The summed E-state index contributed by atoms with van der Waals surface area (Å²) in [4.78, 5) is 18.6. The fourth-order valence-corrected chi connectivity index (χ4v) is 4.33. The lowest BCUT2D eigenvalue weighted by Crippen LogP contribution is -3.12. The minimum atomic E-state index is -0.0193. The number of nitrogens with zero attached hydrogens (tertiary/aromatic N) is 1. The molecule has 2 N–H and O–H groups in total. The first-order chi connectivity index (χ1) is 14.2. The zero-order chi connectivity index (χ0) is 20.1. The Hall–Kier alpha value is -2.41. The van der Waals surface area contributed by atoms with E-state index < -0.39 is 0 Å². The van der Waals surface area contributed by atoms with Gasteiger partial charge in [0.2, 0.25) is 5.91 Å². The monoisotopic (exact) mass is 408 g/mol. The Morgan fingerprint density at radius 2 is 1.90 bits per heavy atom. The Morgan fingerprint density at radius 1 is 1.14 bits per heavy atom. The SMILES string of the molecule is Cc1cc(SCC(=O)Nc2ccc(C[NH+]3CCOCC3)cc2)nc2ccccc12. The van der Waals surface area contributed by atoms with E-state index in [9.17, 15) is 4.79 Å². The van der Waals surface area contributed by atoms with E-state index in [1.165, 1.54) is 22.9 Å². The zero-order valence-electron chi connectivity index (χ0n) is 16.6. The fraction of sp³-hybridized carbons (Fsp3) is 0.304. The minimum absolute atomic E-state index is 0.0193. The van der Waals surface area contributed by atoms with Crippen LogP contribution in [-0.4, -0.2) is 42.9 Å². The third-order valence-corrected chi connectivity index (χ3v) is 6.05. The molecule has 1 aliphatic heterocycles. The molecule has 2 aromatic carbocycles. The van der Waals surface area contributed by atoms with Crippen LogP contribution in [-0.2, 0) is 16.1 Å². The molecule has 5 nitrogen and oxygen atoms in total. The van der Waals surface area contributed by atoms with Crippen molar-refractivity contribution in [2.45, 2.75) is 18.5 Å². The summed E-state index contributed by atoms with van der Waals surface area (Å²) in [6.07, 6.45) is 0. The summed E-state index contributed by atoms with van der Waals surface area (Å²) in [5.74, 6) is 0.318. The number of hydrogen-bond acceptors (Lipinski definition) is 4. The van der Waals surface area contributed by atoms with Crippen LogP contribution < -0.4 is 10.2 Å². The maximum Gasteiger partial charge on any atom is 0.234 e. The lowest BCUT2D eigenvalue weighted by atomic mass is 10.1. The molecule has 6 heteroatoms. The van der Waals surface area contributed by atoms with E-state index in [0.717, 1.165) is 54.5 Å². The first kappa shape index (κ1) is 19.9. The Bertz CT molecular complexity index is 985. The van der Waals surface area contributed by atoms with Crippen LogP contribution in [0.2, 0.25) is 0 Å². The predicted octanol–water partition coefficient (Wildman–Crippen LogP) is 2.69. The van der Waals surface area contributed by atoms with E-state index >= 15 is 0 Å². The topological polar surface area (TPSA) is 55.7 Å². The number of aryl methyl sites for hydroxylation is 1. The first-order valence-electron chi connectivity index (χ1n) is 9.97. The van der Waals surface area contributed by atoms with Crippen LogP contribution in [0.1, 0.15) is 11.1 Å². The van der Waals surface area contributed by atoms with E-state index in [4.69, 9.17) is 4.74 Å². The molecule has 0 spiro atoms. The minimum Gasteiger partial charge on any atom is -0.370 e. The molecule has 0 bridgehead atoms. The highest BCUT2D eigenvalue weighted by Crippen LogP contribution is 2.23. The lowest BCUT2D eigenvalue weighted by Gasteiger charge is -2.23. The molecule has 29 heavy (non-hydrogen) atoms. The largest absolute Gasteiger partial charge is 0.370 e. The third-order valence-electron chi connectivity index (χ3n) is 5.14. The summed E-state index contributed by atoms with van der Waals surface area (Å²) in [7, 11) is 0. The number of amides is 1. The molecule has 1 saturated heterocycles. The van der Waals surface area contributed by atoms with Gasteiger partial charge in [0.25, 0.3) is 0 Å². The van der Waals surface area contributed by atoms with Gasteiger partial charge in [0.15, 0.2) is 0 Å². The first-order valence-corrected chi connectivity index (χ1v) is 11.0. The number of pyridine rings is 1. The van der Waals surface area contributed by atoms with Gasteiger partial charge in [-0.1, -0.05) is 42.1 Å². The highest BCUT2D eigenvalue weighted by atomic mass is 32.2. The number of nitrogens with one attached hydrogen (secondary N) is 2. The maximum absolute atomic E-state index is 12.4. The Kier molecular flexibility index (Phi) is 6.44. The average molecular weight is 409 g/mol. The smallest absolute Gasteiger partial charge is 0.234 e. The summed E-state index contributed by atoms with van der Waals surface area (Å²) >= 11 is 1.46. The Morgan fingerprint density at radius 3 is 2.69 bits per heavy atom. The molecule has 0 unspecified atom stereocenters. The van der Waals surface area contributed by atoms with Crippen molar-refractivity contribution in [1.82, 2.24) is 4.98 Å². The van der Waals surface area contributed by atoms with Crippen LogP contribution in [0.25, 0.3) is 10.9 Å². The number of ether oxygens (including phenoxy) is 1. The van der Waals surface area contributed by atoms with E-state index in [0.29, 0.717) is 5.75 Å². The van der Waals surface area contributed by atoms with Crippen molar-refractivity contribution in [3.63, 3.8) is 0 Å². The van der Waals surface area contributed by atoms with Gasteiger partial charge >= 0.3 is 0 Å². The maximum atomic E-state index is 12.4. The number of carbonyl (C=O) groups is 1. The summed E-state index contributed by atoms with van der Waals surface area (Å²) in [6, 6.07) is 18.3. The van der Waals surface area contributed by atoms with Crippen LogP contribution in [0.4, 0.5) is 5.69 Å². The van der Waals surface area contributed by atoms with E-state index in [1.807, 2.05) is 36.4 Å². The second-order valence-corrected chi connectivity index (χ2v) is 8.36. The number of rotatable bonds is 6. The highest BCUT2D eigenvalue weighted by Gasteiger charge is 2.14. The van der Waals surface area contributed by atoms with Gasteiger partial charge in [0.1, 0.15) is 19.6 Å². The van der Waals surface area contributed by atoms with Crippen LogP contribution in [0, 0.1) is 6.92 Å². The van der Waals surface area contributed by atoms with Crippen molar-refractivity contribution < 1.29 is 14.4 Å². The molecule has 0 atom stereocenters. The number of hydrogen-bond donors (Lipinski definition) is 2. The molecule has 1 amide bonds. The van der Waals surface area contributed by atoms with Crippen LogP contribution in [0.15, 0.2) is 59.6 Å². The summed E-state index contributed by atoms with van der Waals surface area (Å²) in [6.45, 7) is 6.87. The van der Waals surface area contributed by atoms with Gasteiger partial charge in [-0.2, -0.15) is 0 Å². The molecule has 1 aliphatic rings. The molecule has 0 radical (unpaired) electrons. The van der Waals surface area contributed by atoms with Gasteiger partial charge in [0, 0.05) is 16.6 Å². The molecular formula is C23H26N3O2S+. The molecule has 2 heterocycles. The molecule has 0 aliphatic carbocycles. The summed E-state index contributed by atoms with van der Waals surface area (Å²) < 4.78 is 5.41. The van der Waals surface area contributed by atoms with Gasteiger partial charge in [-0.25, -0.2) is 4.98 Å². The summed E-state index contributed by atoms with van der Waals surface area (Å²) in [5, 5.41) is 5.01. The zero-order valence-corrected chi connectivity index (χ0v) is 17.4. The predicted molar refractivity (Wildman–Crippen MR) is 117 cm³/mol. The molecule has 3 aromatic rings. The molecular weight excluding hydrogens is 382 g/mol. The van der Waals surface area contributed by atoms with Gasteiger partial charge in [-0.3, -0.25) is 4.79 Å². The molecule has 150 valence electrons. The van der Waals surface area contributed by atoms with Crippen LogP contribution >= 0.6 is 11.8 Å². The van der Waals surface area contributed by atoms with E-state index in [1.54, 1.807) is 4.90 Å². The number of benzene rings is 2. The lowest BCUT2D eigenvalue weighted by molar-refractivity contribution is -0.921. The van der Waals surface area contributed by atoms with Crippen LogP contribution in [0.5, 0.6) is 0 Å². The van der Waals surface area contributed by atoms with Crippen molar-refractivity contribution in [3.05, 3.63) is 65.7 Å². The molecule has 1 fully saturated rings. The number of quaternary nitrogens is 1. The second kappa shape index (κ2) is 9.39. The Labute approximate surface area is 175 Å². The summed E-state index contributed by atoms with van der Waals surface area (Å²) in [5.41, 5.74) is 4.26. The fourth-order valence-electron chi connectivity index (χ4n) is 3.56. The Balaban J connectivity index is 1.30. The van der Waals surface area contributed by atoms with E-state index in [-0.39, 0.29) is 5.91 Å². The molecule has 1 aromatic heterocycles. The number of morpholine rings is 1. The molecule has 4 rings (SSSR count). The van der Waals surface area contributed by atoms with Crippen molar-refractivity contribution >= 4 is 34.3 Å². The number of carbonyl (C=O) groups excluding carboxylic acids is 1. The normalized spacial score (nSPS) is 14.8. The average Bonchev–Trinajstić information content (AvgIpc) is 2.74. The number of fused-ring (bicyclic) bond motifs is 1. The van der Waals surface area contributed by atoms with Crippen molar-refractivity contribution in [2.24, 2.45) is 0 Å². The van der Waals surface area contributed by atoms with Gasteiger partial charge in [-0.05, 0) is 36.8 Å². The quantitative estimate of drug-likeness (QED) is 0.616. The van der Waals surface area contributed by atoms with Crippen molar-refractivity contribution in [3.8, 4) is 0 Å². The van der Waals surface area contributed by atoms with Gasteiger partial charge < -0.3 is 15.0 Å². The molecule has 0 saturated carbocycles. The van der Waals surface area contributed by atoms with Gasteiger partial charge in [0.05, 0.1) is 29.5 Å². The highest BCUT2D eigenvalue weighted by molar-refractivity contribution is 7.99. The number of aromatic nitrogens is 1. The van der Waals surface area contributed by atoms with Gasteiger partial charge in [-0.15, -0.1) is 0 Å². The number of para-hydroxylation sites is 1. The van der Waals surface area contributed by atoms with Crippen molar-refractivity contribution in [1.29, 1.82) is 0 Å².